The van der Waals surface area contributed by atoms with Crippen molar-refractivity contribution in [3.63, 3.8) is 0 Å². The summed E-state index contributed by atoms with van der Waals surface area (Å²) in [6.07, 6.45) is -3.76. The van der Waals surface area contributed by atoms with E-state index in [2.05, 4.69) is 10.4 Å². The second-order valence-electron chi connectivity index (χ2n) is 6.89. The summed E-state index contributed by atoms with van der Waals surface area (Å²) in [6, 6.07) is 1.14. The van der Waals surface area contributed by atoms with E-state index in [1.165, 1.54) is 6.07 Å². The molecule has 0 unspecified atom stereocenters. The molecule has 0 bridgehead atoms. The van der Waals surface area contributed by atoms with Gasteiger partial charge >= 0.3 is 5.63 Å². The third-order valence-corrected chi connectivity index (χ3v) is 4.85. The number of phenols is 2. The van der Waals surface area contributed by atoms with Crippen LogP contribution in [0.15, 0.2) is 36.1 Å². The number of furan rings is 1. The standard InChI is InChI=1S/C18H16N2O10/c1-6-2-11-12(17(24)27-6)8-4-10(22)14(23)16(15(8)29-11)30-18-13(20-26)9(21)3-7(28-18)5-19-25/h2,4,7,9,13,18,21-23H,3,5H2,1H3/t7-,9-,13+,18-/m0/s1. The molecular weight excluding hydrogens is 404 g/mol. The van der Waals surface area contributed by atoms with Gasteiger partial charge in [0.2, 0.25) is 17.8 Å². The first-order valence-corrected chi connectivity index (χ1v) is 8.87. The van der Waals surface area contributed by atoms with Crippen LogP contribution in [0.3, 0.4) is 0 Å². The Morgan fingerprint density at radius 3 is 2.70 bits per heavy atom. The van der Waals surface area contributed by atoms with Gasteiger partial charge in [0.25, 0.3) is 0 Å². The first-order valence-electron chi connectivity index (χ1n) is 8.87. The highest BCUT2D eigenvalue weighted by atomic mass is 16.7. The molecule has 2 aromatic heterocycles. The molecule has 3 aromatic rings. The molecule has 1 saturated heterocycles. The number of aryl methyl sites for hydroxylation is 1. The van der Waals surface area contributed by atoms with Crippen molar-refractivity contribution in [2.45, 2.75) is 37.9 Å². The zero-order valence-corrected chi connectivity index (χ0v) is 15.5. The monoisotopic (exact) mass is 420 g/mol. The third-order valence-electron chi connectivity index (χ3n) is 4.85. The fraction of sp³-hybridized carbons (Fsp3) is 0.389. The number of aromatic hydroxyl groups is 2. The maximum atomic E-state index is 12.3. The Kier molecular flexibility index (Phi) is 4.87. The van der Waals surface area contributed by atoms with Gasteiger partial charge in [0, 0.05) is 17.9 Å². The normalized spacial score (nSPS) is 24.2. The van der Waals surface area contributed by atoms with Gasteiger partial charge in [-0.3, -0.25) is 0 Å². The quantitative estimate of drug-likeness (QED) is 0.408. The van der Waals surface area contributed by atoms with Gasteiger partial charge in [-0.1, -0.05) is 10.4 Å². The van der Waals surface area contributed by atoms with E-state index in [-0.39, 0.29) is 40.7 Å². The summed E-state index contributed by atoms with van der Waals surface area (Å²) in [5, 5.41) is 36.2. The molecule has 0 radical (unpaired) electrons. The molecule has 30 heavy (non-hydrogen) atoms. The van der Waals surface area contributed by atoms with Crippen molar-refractivity contribution in [2.24, 2.45) is 10.4 Å². The molecule has 0 saturated carbocycles. The molecule has 4 atom stereocenters. The Morgan fingerprint density at radius 2 is 2.00 bits per heavy atom. The van der Waals surface area contributed by atoms with Crippen molar-refractivity contribution in [1.29, 1.82) is 0 Å². The van der Waals surface area contributed by atoms with E-state index in [9.17, 15) is 29.9 Å². The number of hydrogen-bond donors (Lipinski definition) is 3. The average molecular weight is 420 g/mol. The van der Waals surface area contributed by atoms with Crippen molar-refractivity contribution in [2.75, 3.05) is 6.54 Å². The first kappa shape index (κ1) is 19.8. The lowest BCUT2D eigenvalue weighted by Crippen LogP contribution is -2.50. The van der Waals surface area contributed by atoms with Gasteiger partial charge in [-0.05, 0) is 13.0 Å². The van der Waals surface area contributed by atoms with E-state index in [0.717, 1.165) is 6.07 Å². The molecule has 4 rings (SSSR count). The Labute approximate surface area is 166 Å². The average Bonchev–Trinajstić information content (AvgIpc) is 3.03. The van der Waals surface area contributed by atoms with Crippen LogP contribution >= 0.6 is 0 Å². The number of rotatable bonds is 5. The van der Waals surface area contributed by atoms with E-state index in [0.29, 0.717) is 0 Å². The molecule has 3 N–H and O–H groups in total. The minimum atomic E-state index is -1.53. The molecular formula is C18H16N2O10. The number of phenolic OH excluding ortho intramolecular Hbond substituents is 2. The van der Waals surface area contributed by atoms with Crippen LogP contribution in [0.4, 0.5) is 0 Å². The predicted octanol–water partition coefficient (Wildman–Crippen LogP) is 2.01. The summed E-state index contributed by atoms with van der Waals surface area (Å²) in [4.78, 5) is 34.1. The fourth-order valence-electron chi connectivity index (χ4n) is 3.48. The summed E-state index contributed by atoms with van der Waals surface area (Å²) in [6.45, 7) is 1.23. The number of ether oxygens (including phenoxy) is 2. The van der Waals surface area contributed by atoms with E-state index in [1.54, 1.807) is 6.92 Å². The van der Waals surface area contributed by atoms with Crippen LogP contribution in [-0.4, -0.2) is 46.4 Å². The van der Waals surface area contributed by atoms with Crippen LogP contribution in [0.25, 0.3) is 21.9 Å². The molecule has 0 spiro atoms. The second-order valence-corrected chi connectivity index (χ2v) is 6.89. The van der Waals surface area contributed by atoms with Crippen molar-refractivity contribution >= 4 is 21.9 Å². The van der Waals surface area contributed by atoms with E-state index >= 15 is 0 Å². The van der Waals surface area contributed by atoms with E-state index in [1.807, 2.05) is 0 Å². The molecule has 1 fully saturated rings. The smallest absolute Gasteiger partial charge is 0.347 e. The van der Waals surface area contributed by atoms with Crippen LogP contribution in [0.5, 0.6) is 17.2 Å². The molecule has 3 heterocycles. The van der Waals surface area contributed by atoms with Gasteiger partial charge in [0.1, 0.15) is 23.3 Å². The highest BCUT2D eigenvalue weighted by molar-refractivity contribution is 6.07. The minimum Gasteiger partial charge on any atom is -0.504 e. The van der Waals surface area contributed by atoms with Gasteiger partial charge in [-0.25, -0.2) is 4.79 Å². The maximum Gasteiger partial charge on any atom is 0.347 e. The number of fused-ring (bicyclic) bond motifs is 3. The SMILES string of the molecule is Cc1cc2oc3c(O[C@@H]4O[C@H](CN=O)C[C@H](O)[C@H]4N=O)c(O)c(O)cc3c2c(=O)o1. The summed E-state index contributed by atoms with van der Waals surface area (Å²) in [5.41, 5.74) is -0.739. The van der Waals surface area contributed by atoms with E-state index in [4.69, 9.17) is 18.3 Å². The highest BCUT2D eigenvalue weighted by Crippen LogP contribution is 2.46. The predicted molar refractivity (Wildman–Crippen MR) is 100 cm³/mol. The van der Waals surface area contributed by atoms with Gasteiger partial charge in [-0.2, -0.15) is 9.81 Å². The van der Waals surface area contributed by atoms with Crippen molar-refractivity contribution in [1.82, 2.24) is 0 Å². The first-order chi connectivity index (χ1) is 14.3. The van der Waals surface area contributed by atoms with E-state index < -0.39 is 47.4 Å². The number of hydrogen-bond acceptors (Lipinski definition) is 12. The Bertz CT molecular complexity index is 1200. The Balaban J connectivity index is 1.86. The van der Waals surface area contributed by atoms with Crippen LogP contribution in [0.1, 0.15) is 12.2 Å². The summed E-state index contributed by atoms with van der Waals surface area (Å²) in [7, 11) is 0. The Hall–Kier alpha value is -3.51. The fourth-order valence-corrected chi connectivity index (χ4v) is 3.48. The topological polar surface area (TPSA) is 181 Å². The summed E-state index contributed by atoms with van der Waals surface area (Å²) in [5.74, 6) is -1.56. The molecule has 1 aromatic carbocycles. The zero-order valence-electron chi connectivity index (χ0n) is 15.5. The van der Waals surface area contributed by atoms with Crippen LogP contribution in [0.2, 0.25) is 0 Å². The van der Waals surface area contributed by atoms with Gasteiger partial charge in [0.05, 0.1) is 12.2 Å². The lowest BCUT2D eigenvalue weighted by molar-refractivity contribution is -0.183. The second kappa shape index (κ2) is 7.39. The molecule has 12 nitrogen and oxygen atoms in total. The van der Waals surface area contributed by atoms with Crippen LogP contribution in [-0.2, 0) is 4.74 Å². The third kappa shape index (κ3) is 3.15. The molecule has 0 aliphatic carbocycles. The number of nitroso groups, excluding NO2 is 2. The summed E-state index contributed by atoms with van der Waals surface area (Å²) < 4.78 is 21.7. The highest BCUT2D eigenvalue weighted by Gasteiger charge is 2.42. The number of nitrogens with zero attached hydrogens (tertiary/aromatic N) is 2. The maximum absolute atomic E-state index is 12.3. The lowest BCUT2D eigenvalue weighted by atomic mass is 10.0. The minimum absolute atomic E-state index is 0.00782. The molecule has 0 amide bonds. The Morgan fingerprint density at radius 1 is 1.23 bits per heavy atom. The molecule has 158 valence electrons. The molecule has 1 aliphatic heterocycles. The van der Waals surface area contributed by atoms with Gasteiger partial charge in [0.15, 0.2) is 17.4 Å². The summed E-state index contributed by atoms with van der Waals surface area (Å²) >= 11 is 0. The molecule has 12 heteroatoms. The number of aliphatic hydroxyl groups excluding tert-OH is 1. The van der Waals surface area contributed by atoms with Gasteiger partial charge in [-0.15, -0.1) is 0 Å². The number of aliphatic hydroxyl groups is 1. The largest absolute Gasteiger partial charge is 0.504 e. The zero-order chi connectivity index (χ0) is 21.6. The van der Waals surface area contributed by atoms with Crippen molar-refractivity contribution in [3.8, 4) is 17.2 Å². The number of benzene rings is 1. The van der Waals surface area contributed by atoms with Crippen molar-refractivity contribution < 1.29 is 33.6 Å². The van der Waals surface area contributed by atoms with Crippen LogP contribution < -0.4 is 10.4 Å². The van der Waals surface area contributed by atoms with Crippen LogP contribution in [0, 0.1) is 16.7 Å². The molecule has 1 aliphatic rings. The van der Waals surface area contributed by atoms with Crippen molar-refractivity contribution in [3.05, 3.63) is 38.1 Å². The van der Waals surface area contributed by atoms with Gasteiger partial charge < -0.3 is 33.6 Å². The lowest BCUT2D eigenvalue weighted by Gasteiger charge is -2.35.